The molecule has 0 aliphatic carbocycles. The third-order valence-corrected chi connectivity index (χ3v) is 4.35. The maximum absolute atomic E-state index is 12.9. The monoisotopic (exact) mass is 355 g/mol. The second-order valence-electron chi connectivity index (χ2n) is 4.87. The summed E-state index contributed by atoms with van der Waals surface area (Å²) in [6.07, 6.45) is 1.57. The van der Waals surface area contributed by atoms with E-state index in [4.69, 9.17) is 11.6 Å². The van der Waals surface area contributed by atoms with Gasteiger partial charge in [-0.25, -0.2) is 9.37 Å². The smallest absolute Gasteiger partial charge is 0.136 e. The van der Waals surface area contributed by atoms with Crippen LogP contribution in [0.5, 0.6) is 0 Å². The van der Waals surface area contributed by atoms with E-state index in [9.17, 15) is 9.65 Å². The molecule has 1 N–H and O–H groups in total. The fourth-order valence-corrected chi connectivity index (χ4v) is 2.91. The predicted molar refractivity (Wildman–Crippen MR) is 96.2 cm³/mol. The largest absolute Gasteiger partial charge is 0.360 e. The Morgan fingerprint density at radius 3 is 2.54 bits per heavy atom. The van der Waals surface area contributed by atoms with Crippen LogP contribution in [0.4, 0.5) is 10.1 Å². The van der Waals surface area contributed by atoms with Crippen molar-refractivity contribution in [3.63, 3.8) is 0 Å². The molecule has 0 radical (unpaired) electrons. The van der Waals surface area contributed by atoms with Gasteiger partial charge >= 0.3 is 0 Å². The van der Waals surface area contributed by atoms with Gasteiger partial charge in [-0.05, 0) is 36.4 Å². The minimum absolute atomic E-state index is 0.308. The van der Waals surface area contributed by atoms with Gasteiger partial charge in [-0.1, -0.05) is 23.7 Å². The summed E-state index contributed by atoms with van der Waals surface area (Å²) in [5.74, 6) is -0.308. The summed E-state index contributed by atoms with van der Waals surface area (Å²) in [5, 5.41) is 15.5. The van der Waals surface area contributed by atoms with Crippen LogP contribution < -0.4 is 5.32 Å². The second kappa shape index (κ2) is 7.26. The Morgan fingerprint density at radius 1 is 1.17 bits per heavy atom. The Kier molecular flexibility index (Phi) is 4.90. The molecule has 2 aromatic carbocycles. The third kappa shape index (κ3) is 3.80. The van der Waals surface area contributed by atoms with Gasteiger partial charge in [0.2, 0.25) is 0 Å². The number of hydrogen-bond donors (Lipinski definition) is 1. The van der Waals surface area contributed by atoms with Gasteiger partial charge in [0.05, 0.1) is 5.69 Å². The van der Waals surface area contributed by atoms with Crippen LogP contribution in [0.3, 0.4) is 0 Å². The molecule has 0 aliphatic heterocycles. The lowest BCUT2D eigenvalue weighted by Crippen LogP contribution is -1.91. The Balaban J connectivity index is 1.81. The highest BCUT2D eigenvalue weighted by atomic mass is 35.5. The van der Waals surface area contributed by atoms with Crippen molar-refractivity contribution in [1.82, 2.24) is 4.98 Å². The summed E-state index contributed by atoms with van der Waals surface area (Å²) in [6, 6.07) is 15.4. The zero-order valence-electron chi connectivity index (χ0n) is 12.3. The van der Waals surface area contributed by atoms with E-state index in [1.165, 1.54) is 23.5 Å². The van der Waals surface area contributed by atoms with E-state index < -0.39 is 0 Å². The predicted octanol–water partition coefficient (Wildman–Crippen LogP) is 5.58. The average Bonchev–Trinajstić information content (AvgIpc) is 3.08. The summed E-state index contributed by atoms with van der Waals surface area (Å²) in [4.78, 5) is 4.49. The molecule has 0 fully saturated rings. The van der Waals surface area contributed by atoms with E-state index in [0.717, 1.165) is 11.3 Å². The molecule has 3 aromatic rings. The van der Waals surface area contributed by atoms with Gasteiger partial charge in [0.15, 0.2) is 0 Å². The molecule has 0 spiro atoms. The lowest BCUT2D eigenvalue weighted by molar-refractivity contribution is 0.628. The molecule has 24 heavy (non-hydrogen) atoms. The molecule has 0 unspecified atom stereocenters. The van der Waals surface area contributed by atoms with E-state index in [2.05, 4.69) is 16.4 Å². The molecule has 6 heteroatoms. The number of nitriles is 1. The first-order chi connectivity index (χ1) is 11.7. The third-order valence-electron chi connectivity index (χ3n) is 3.22. The van der Waals surface area contributed by atoms with Gasteiger partial charge in [0.25, 0.3) is 0 Å². The van der Waals surface area contributed by atoms with Crippen molar-refractivity contribution >= 4 is 34.2 Å². The van der Waals surface area contributed by atoms with Gasteiger partial charge in [-0.15, -0.1) is 11.3 Å². The van der Waals surface area contributed by atoms with Gasteiger partial charge in [-0.2, -0.15) is 5.26 Å². The average molecular weight is 356 g/mol. The molecule has 0 saturated carbocycles. The van der Waals surface area contributed by atoms with Gasteiger partial charge in [0, 0.05) is 27.9 Å². The van der Waals surface area contributed by atoms with E-state index in [1.807, 2.05) is 17.5 Å². The summed E-state index contributed by atoms with van der Waals surface area (Å²) in [7, 11) is 0. The maximum atomic E-state index is 12.9. The number of nitrogens with one attached hydrogen (secondary N) is 1. The first-order valence-corrected chi connectivity index (χ1v) is 8.25. The molecule has 1 aromatic heterocycles. The van der Waals surface area contributed by atoms with Crippen molar-refractivity contribution in [2.45, 2.75) is 0 Å². The van der Waals surface area contributed by atoms with Gasteiger partial charge < -0.3 is 5.32 Å². The zero-order chi connectivity index (χ0) is 16.9. The topological polar surface area (TPSA) is 48.7 Å². The summed E-state index contributed by atoms with van der Waals surface area (Å²) in [6.45, 7) is 0. The standard InChI is InChI=1S/C18H11ClFN3S/c19-14-3-1-12(2-4-14)17-11-24-18(23-17)13(9-21)10-22-16-7-5-15(20)6-8-16/h1-8,10-11,22H. The Bertz CT molecular complexity index is 909. The van der Waals surface area contributed by atoms with Gasteiger partial charge in [0.1, 0.15) is 22.5 Å². The highest BCUT2D eigenvalue weighted by Crippen LogP contribution is 2.27. The molecule has 3 nitrogen and oxygen atoms in total. The van der Waals surface area contributed by atoms with Crippen LogP contribution in [0.1, 0.15) is 5.01 Å². The number of nitrogens with zero attached hydrogens (tertiary/aromatic N) is 2. The molecular formula is C18H11ClFN3S. The molecule has 0 aliphatic rings. The maximum Gasteiger partial charge on any atom is 0.136 e. The first-order valence-electron chi connectivity index (χ1n) is 7.00. The van der Waals surface area contributed by atoms with E-state index in [0.29, 0.717) is 21.3 Å². The summed E-state index contributed by atoms with van der Waals surface area (Å²) in [5.41, 5.74) is 2.82. The molecule has 0 atom stereocenters. The number of benzene rings is 2. The highest BCUT2D eigenvalue weighted by molar-refractivity contribution is 7.11. The quantitative estimate of drug-likeness (QED) is 0.621. The van der Waals surface area contributed by atoms with Crippen molar-refractivity contribution in [1.29, 1.82) is 5.26 Å². The first kappa shape index (κ1) is 16.2. The van der Waals surface area contributed by atoms with Crippen molar-refractivity contribution < 1.29 is 4.39 Å². The molecule has 0 saturated heterocycles. The van der Waals surface area contributed by atoms with Crippen LogP contribution in [-0.4, -0.2) is 4.98 Å². The molecule has 0 bridgehead atoms. The van der Waals surface area contributed by atoms with Crippen molar-refractivity contribution in [3.8, 4) is 17.3 Å². The SMILES string of the molecule is N#CC(=CNc1ccc(F)cc1)c1nc(-c2ccc(Cl)cc2)cs1. The molecule has 3 rings (SSSR count). The van der Waals surface area contributed by atoms with E-state index in [-0.39, 0.29) is 5.82 Å². The molecule has 118 valence electrons. The number of hydrogen-bond acceptors (Lipinski definition) is 4. The number of rotatable bonds is 4. The Morgan fingerprint density at radius 2 is 1.88 bits per heavy atom. The van der Waals surface area contributed by atoms with Crippen LogP contribution in [0.25, 0.3) is 16.8 Å². The normalized spacial score (nSPS) is 11.1. The Labute approximate surface area is 147 Å². The lowest BCUT2D eigenvalue weighted by Gasteiger charge is -2.01. The number of allylic oxidation sites excluding steroid dienone is 1. The fraction of sp³-hybridized carbons (Fsp3) is 0. The van der Waals surface area contributed by atoms with Crippen LogP contribution >= 0.6 is 22.9 Å². The summed E-state index contributed by atoms with van der Waals surface area (Å²) >= 11 is 7.27. The van der Waals surface area contributed by atoms with Crippen molar-refractivity contribution in [2.24, 2.45) is 0 Å². The number of thiazole rings is 1. The number of anilines is 1. The fourth-order valence-electron chi connectivity index (χ4n) is 1.99. The number of aromatic nitrogens is 1. The van der Waals surface area contributed by atoms with E-state index in [1.54, 1.807) is 30.5 Å². The van der Waals surface area contributed by atoms with Crippen LogP contribution in [0.15, 0.2) is 60.1 Å². The van der Waals surface area contributed by atoms with Crippen LogP contribution in [-0.2, 0) is 0 Å². The summed E-state index contributed by atoms with van der Waals surface area (Å²) < 4.78 is 12.9. The molecule has 0 amide bonds. The second-order valence-corrected chi connectivity index (χ2v) is 6.16. The molecular weight excluding hydrogens is 345 g/mol. The van der Waals surface area contributed by atoms with E-state index >= 15 is 0 Å². The Hall–Kier alpha value is -2.68. The zero-order valence-corrected chi connectivity index (χ0v) is 13.9. The van der Waals surface area contributed by atoms with Crippen molar-refractivity contribution in [2.75, 3.05) is 5.32 Å². The van der Waals surface area contributed by atoms with Gasteiger partial charge in [-0.3, -0.25) is 0 Å². The lowest BCUT2D eigenvalue weighted by atomic mass is 10.2. The van der Waals surface area contributed by atoms with Crippen LogP contribution in [0.2, 0.25) is 5.02 Å². The van der Waals surface area contributed by atoms with Crippen LogP contribution in [0, 0.1) is 17.1 Å². The minimum Gasteiger partial charge on any atom is -0.360 e. The van der Waals surface area contributed by atoms with Crippen molar-refractivity contribution in [3.05, 3.63) is 76.0 Å². The highest BCUT2D eigenvalue weighted by Gasteiger charge is 2.09. The number of halogens is 2. The minimum atomic E-state index is -0.308. The molecule has 1 heterocycles.